The van der Waals surface area contributed by atoms with Crippen LogP contribution in [-0.4, -0.2) is 120 Å². The molecule has 9 rings (SSSR count). The molecule has 2 amide bonds. The van der Waals surface area contributed by atoms with E-state index in [9.17, 15) is 28.1 Å². The Morgan fingerprint density at radius 2 is 1.80 bits per heavy atom. The number of H-pyrrole nitrogens is 1. The number of hydrogen-bond donors (Lipinski definition) is 3. The number of allylic oxidation sites excluding steroid dienone is 1. The molecule has 66 heavy (non-hydrogen) atoms. The van der Waals surface area contributed by atoms with Crippen molar-refractivity contribution >= 4 is 78.1 Å². The summed E-state index contributed by atoms with van der Waals surface area (Å²) in [5.74, 6) is -1.04. The molecule has 0 bridgehead atoms. The molecule has 2 fully saturated rings. The molecular formula is C47H51ClN10O7S. The Bertz CT molecular complexity index is 3000. The van der Waals surface area contributed by atoms with E-state index in [0.29, 0.717) is 42.1 Å². The number of nitro benzene ring substituents is 1. The van der Waals surface area contributed by atoms with Gasteiger partial charge in [-0.05, 0) is 90.4 Å². The zero-order chi connectivity index (χ0) is 46.3. The monoisotopic (exact) mass is 934 g/mol. The topological polar surface area (TPSA) is 201 Å². The second-order valence-electron chi connectivity index (χ2n) is 18.0. The number of nitrogens with one attached hydrogen (secondary N) is 3. The molecule has 19 heteroatoms. The van der Waals surface area contributed by atoms with E-state index in [1.807, 2.05) is 36.4 Å². The number of aromatic nitrogens is 4. The van der Waals surface area contributed by atoms with Gasteiger partial charge < -0.3 is 19.9 Å². The molecule has 3 aromatic carbocycles. The van der Waals surface area contributed by atoms with Gasteiger partial charge in [0.1, 0.15) is 11.2 Å². The molecule has 0 spiro atoms. The van der Waals surface area contributed by atoms with E-state index < -0.39 is 37.5 Å². The summed E-state index contributed by atoms with van der Waals surface area (Å²) in [7, 11) is -4.63. The average Bonchev–Trinajstić information content (AvgIpc) is 3.94. The Kier molecular flexibility index (Phi) is 12.3. The molecule has 344 valence electrons. The first kappa shape index (κ1) is 44.8. The number of piperazine rings is 1. The lowest BCUT2D eigenvalue weighted by Gasteiger charge is -2.39. The summed E-state index contributed by atoms with van der Waals surface area (Å²) in [5, 5.41) is 19.9. The first-order chi connectivity index (χ1) is 31.6. The maximum Gasteiger partial charge on any atom is 0.293 e. The average molecular weight is 936 g/mol. The minimum atomic E-state index is -4.63. The number of carbonyl (C=O) groups excluding carboxylic acids is 2. The fraction of sp³-hybridized carbons (Fsp3) is 0.362. The van der Waals surface area contributed by atoms with Crippen LogP contribution in [0.25, 0.3) is 33.3 Å². The van der Waals surface area contributed by atoms with Crippen LogP contribution in [0.3, 0.4) is 0 Å². The van der Waals surface area contributed by atoms with Crippen molar-refractivity contribution in [3.63, 3.8) is 0 Å². The summed E-state index contributed by atoms with van der Waals surface area (Å²) in [4.78, 5) is 52.6. The lowest BCUT2D eigenvalue weighted by atomic mass is 9.72. The highest BCUT2D eigenvalue weighted by Crippen LogP contribution is 2.43. The van der Waals surface area contributed by atoms with E-state index in [1.54, 1.807) is 28.0 Å². The van der Waals surface area contributed by atoms with Gasteiger partial charge in [-0.1, -0.05) is 43.2 Å². The van der Waals surface area contributed by atoms with Gasteiger partial charge in [0.15, 0.2) is 5.65 Å². The van der Waals surface area contributed by atoms with E-state index in [4.69, 9.17) is 16.3 Å². The van der Waals surface area contributed by atoms with Crippen LogP contribution in [0.5, 0.6) is 0 Å². The molecule has 0 radical (unpaired) electrons. The number of halogens is 1. The number of amides is 2. The SMILES string of the molecule is CC(=O)N1CCOC(CNc2ccc(S(=O)(=O)NC(=O)c3ccc(N4CCN(CC5=C(c6ccc(Cl)cc6)CC(C)(C)CC5)CC4)cc3-n3[nH]cc4nc5nccc5cc43)cc2[N+](=O)[O-])C1. The Morgan fingerprint density at radius 1 is 1.02 bits per heavy atom. The zero-order valence-corrected chi connectivity index (χ0v) is 38.5. The van der Waals surface area contributed by atoms with Crippen LogP contribution in [-0.2, 0) is 19.6 Å². The molecule has 5 heterocycles. The number of morpholine rings is 1. The number of anilines is 2. The second kappa shape index (κ2) is 18.1. The molecule has 2 saturated heterocycles. The van der Waals surface area contributed by atoms with Gasteiger partial charge in [0.25, 0.3) is 21.6 Å². The molecular weight excluding hydrogens is 884 g/mol. The van der Waals surface area contributed by atoms with Crippen molar-refractivity contribution in [3.05, 3.63) is 117 Å². The number of benzene rings is 3. The fourth-order valence-electron chi connectivity index (χ4n) is 9.18. The number of rotatable bonds is 12. The lowest BCUT2D eigenvalue weighted by Crippen LogP contribution is -2.47. The maximum atomic E-state index is 14.2. The number of aromatic amines is 1. The summed E-state index contributed by atoms with van der Waals surface area (Å²) in [6.45, 7) is 11.3. The quantitative estimate of drug-likeness (QED) is 0.0838. The van der Waals surface area contributed by atoms with E-state index in [0.717, 1.165) is 74.1 Å². The number of ether oxygens (including phenoxy) is 1. The number of nitro groups is 1. The minimum Gasteiger partial charge on any atom is -0.377 e. The molecule has 3 aliphatic rings. The molecule has 17 nitrogen and oxygen atoms in total. The van der Waals surface area contributed by atoms with Gasteiger partial charge in [-0.25, -0.2) is 23.1 Å². The van der Waals surface area contributed by atoms with Crippen molar-refractivity contribution in [1.82, 2.24) is 34.3 Å². The highest BCUT2D eigenvalue weighted by Gasteiger charge is 2.31. The van der Waals surface area contributed by atoms with Gasteiger partial charge in [-0.15, -0.1) is 0 Å². The van der Waals surface area contributed by atoms with Gasteiger partial charge >= 0.3 is 0 Å². The van der Waals surface area contributed by atoms with E-state index in [-0.39, 0.29) is 29.1 Å². The zero-order valence-electron chi connectivity index (χ0n) is 36.9. The first-order valence-electron chi connectivity index (χ1n) is 22.0. The minimum absolute atomic E-state index is 0.0391. The van der Waals surface area contributed by atoms with Crippen molar-refractivity contribution in [2.45, 2.75) is 51.0 Å². The number of nitrogens with zero attached hydrogens (tertiary/aromatic N) is 7. The standard InChI is InChI=1S/C47H51ClN10O7S/c1-30(59)56-20-21-65-36(29-56)26-50-40-11-9-37(24-44(40)58(61)62)66(63,64)53-46(60)38-10-8-35(23-42(38)57-43-22-32-13-15-49-45(32)52-41(43)27-51-57)55-18-16-54(17-19-55)28-33-12-14-47(2,3)25-39(33)31-4-6-34(48)7-5-31/h4-11,13,15,22-24,27,36,50-51H,12,14,16-21,25-26,28-29H2,1-3H3,(H,53,60). The molecule has 1 atom stereocenters. The summed E-state index contributed by atoms with van der Waals surface area (Å²) in [6.07, 6.45) is 6.10. The van der Waals surface area contributed by atoms with E-state index >= 15 is 0 Å². The Balaban J connectivity index is 0.964. The van der Waals surface area contributed by atoms with Crippen LogP contribution in [0, 0.1) is 15.5 Å². The van der Waals surface area contributed by atoms with Crippen molar-refractivity contribution in [2.75, 3.05) is 69.2 Å². The number of fused-ring (bicyclic) bond motifs is 2. The van der Waals surface area contributed by atoms with Crippen LogP contribution in [0.4, 0.5) is 17.1 Å². The summed E-state index contributed by atoms with van der Waals surface area (Å²) in [6, 6.07) is 20.6. The fourth-order valence-corrected chi connectivity index (χ4v) is 10.3. The second-order valence-corrected chi connectivity index (χ2v) is 20.1. The van der Waals surface area contributed by atoms with Crippen molar-refractivity contribution in [2.24, 2.45) is 5.41 Å². The predicted octanol–water partition coefficient (Wildman–Crippen LogP) is 7.03. The van der Waals surface area contributed by atoms with Crippen LogP contribution in [0.15, 0.2) is 95.7 Å². The number of hydrogen-bond acceptors (Lipinski definition) is 12. The molecule has 1 aliphatic carbocycles. The van der Waals surface area contributed by atoms with Crippen LogP contribution in [0.2, 0.25) is 5.02 Å². The molecule has 3 N–H and O–H groups in total. The third-order valence-corrected chi connectivity index (χ3v) is 14.4. The summed E-state index contributed by atoms with van der Waals surface area (Å²) < 4.78 is 37.4. The van der Waals surface area contributed by atoms with Crippen LogP contribution < -0.4 is 14.9 Å². The Hall–Kier alpha value is -6.34. The van der Waals surface area contributed by atoms with Gasteiger partial charge in [-0.3, -0.25) is 34.4 Å². The van der Waals surface area contributed by atoms with Crippen LogP contribution >= 0.6 is 11.6 Å². The third kappa shape index (κ3) is 9.49. The number of pyridine rings is 1. The van der Waals surface area contributed by atoms with Crippen molar-refractivity contribution < 1.29 is 27.7 Å². The molecule has 6 aromatic rings. The summed E-state index contributed by atoms with van der Waals surface area (Å²) in [5.41, 5.74) is 6.90. The highest BCUT2D eigenvalue weighted by atomic mass is 35.5. The van der Waals surface area contributed by atoms with Gasteiger partial charge in [-0.2, -0.15) is 0 Å². The Morgan fingerprint density at radius 3 is 2.56 bits per heavy atom. The first-order valence-corrected chi connectivity index (χ1v) is 23.8. The normalized spacial score (nSPS) is 18.2. The lowest BCUT2D eigenvalue weighted by molar-refractivity contribution is -0.384. The molecule has 0 saturated carbocycles. The van der Waals surface area contributed by atoms with Gasteiger partial charge in [0, 0.05) is 93.8 Å². The van der Waals surface area contributed by atoms with E-state index in [2.05, 4.69) is 60.9 Å². The molecule has 3 aromatic heterocycles. The molecule has 2 aliphatic heterocycles. The smallest absolute Gasteiger partial charge is 0.293 e. The Labute approximate surface area is 386 Å². The summed E-state index contributed by atoms with van der Waals surface area (Å²) >= 11 is 6.26. The largest absolute Gasteiger partial charge is 0.377 e. The number of carbonyl (C=O) groups is 2. The number of sulfonamides is 1. The van der Waals surface area contributed by atoms with Crippen molar-refractivity contribution in [3.8, 4) is 5.69 Å². The van der Waals surface area contributed by atoms with Crippen molar-refractivity contribution in [1.29, 1.82) is 0 Å². The van der Waals surface area contributed by atoms with Crippen LogP contribution in [0.1, 0.15) is 56.0 Å². The maximum absolute atomic E-state index is 14.2. The van der Waals surface area contributed by atoms with E-state index in [1.165, 1.54) is 35.8 Å². The van der Waals surface area contributed by atoms with Gasteiger partial charge in [0.05, 0.1) is 39.3 Å². The third-order valence-electron chi connectivity index (χ3n) is 12.9. The highest BCUT2D eigenvalue weighted by molar-refractivity contribution is 7.90. The predicted molar refractivity (Wildman–Crippen MR) is 254 cm³/mol. The van der Waals surface area contributed by atoms with Gasteiger partial charge in [0.2, 0.25) is 5.91 Å². The molecule has 1 unspecified atom stereocenters.